The number of hydrogen-bond acceptors (Lipinski definition) is 4. The average Bonchev–Trinajstić information content (AvgIpc) is 2.77. The van der Waals surface area contributed by atoms with Crippen LogP contribution < -0.4 is 15.5 Å². The Hall–Kier alpha value is -3.42. The summed E-state index contributed by atoms with van der Waals surface area (Å²) in [6.45, 7) is 5.49. The van der Waals surface area contributed by atoms with Crippen molar-refractivity contribution in [2.45, 2.75) is 20.4 Å². The molecule has 164 valence electrons. The van der Waals surface area contributed by atoms with Gasteiger partial charge in [0.1, 0.15) is 5.82 Å². The molecule has 1 aliphatic heterocycles. The highest BCUT2D eigenvalue weighted by Gasteiger charge is 2.23. The second-order valence-corrected chi connectivity index (χ2v) is 7.61. The summed E-state index contributed by atoms with van der Waals surface area (Å²) in [7, 11) is 0. The number of rotatable bonds is 6. The molecule has 3 rings (SSSR count). The predicted molar refractivity (Wildman–Crippen MR) is 117 cm³/mol. The molecule has 0 bridgehead atoms. The van der Waals surface area contributed by atoms with E-state index in [9.17, 15) is 18.8 Å². The number of nitrogens with one attached hydrogen (secondary N) is 2. The number of amides is 3. The zero-order valence-electron chi connectivity index (χ0n) is 17.8. The van der Waals surface area contributed by atoms with E-state index in [1.165, 1.54) is 13.0 Å². The molecular formula is C23H27FN4O3. The molecule has 2 aromatic carbocycles. The lowest BCUT2D eigenvalue weighted by atomic mass is 10.1. The fourth-order valence-electron chi connectivity index (χ4n) is 3.40. The van der Waals surface area contributed by atoms with Crippen LogP contribution in [0.4, 0.5) is 14.9 Å². The van der Waals surface area contributed by atoms with E-state index in [2.05, 4.69) is 10.6 Å². The Morgan fingerprint density at radius 1 is 0.968 bits per heavy atom. The molecule has 0 spiro atoms. The number of nitrogens with zero attached hydrogens (tertiary/aromatic N) is 2. The summed E-state index contributed by atoms with van der Waals surface area (Å²) in [5.41, 5.74) is 2.88. The van der Waals surface area contributed by atoms with Gasteiger partial charge in [-0.25, -0.2) is 9.18 Å². The summed E-state index contributed by atoms with van der Waals surface area (Å²) < 4.78 is 14.3. The normalized spacial score (nSPS) is 13.6. The fourth-order valence-corrected chi connectivity index (χ4v) is 3.40. The standard InChI is InChI=1S/C23H27FN4O3/c1-16-3-5-18(6-4-16)14-25-23(31)26-15-22(30)28-11-9-27(10-12-28)21-8-7-19(17(2)29)13-20(21)24/h3-8,13H,9-12,14-15H2,1-2H3,(H2,25,26,31). The zero-order chi connectivity index (χ0) is 22.4. The van der Waals surface area contributed by atoms with Gasteiger partial charge in [0.2, 0.25) is 5.91 Å². The van der Waals surface area contributed by atoms with E-state index in [0.717, 1.165) is 11.1 Å². The van der Waals surface area contributed by atoms with Crippen molar-refractivity contribution >= 4 is 23.4 Å². The number of ketones is 1. The smallest absolute Gasteiger partial charge is 0.315 e. The molecule has 1 fully saturated rings. The van der Waals surface area contributed by atoms with Crippen LogP contribution in [0.15, 0.2) is 42.5 Å². The molecular weight excluding hydrogens is 399 g/mol. The van der Waals surface area contributed by atoms with E-state index in [1.807, 2.05) is 36.1 Å². The minimum absolute atomic E-state index is 0.0958. The Balaban J connectivity index is 1.42. The third kappa shape index (κ3) is 6.04. The van der Waals surface area contributed by atoms with Crippen LogP contribution >= 0.6 is 0 Å². The van der Waals surface area contributed by atoms with Gasteiger partial charge >= 0.3 is 6.03 Å². The molecule has 1 saturated heterocycles. The number of anilines is 1. The van der Waals surface area contributed by atoms with Gasteiger partial charge in [-0.15, -0.1) is 0 Å². The summed E-state index contributed by atoms with van der Waals surface area (Å²) in [6.07, 6.45) is 0. The Morgan fingerprint density at radius 2 is 1.65 bits per heavy atom. The van der Waals surface area contributed by atoms with Crippen LogP contribution in [0, 0.1) is 12.7 Å². The number of urea groups is 1. The van der Waals surface area contributed by atoms with Gasteiger partial charge in [0, 0.05) is 38.3 Å². The predicted octanol–water partition coefficient (Wildman–Crippen LogP) is 2.48. The second-order valence-electron chi connectivity index (χ2n) is 7.61. The van der Waals surface area contributed by atoms with Gasteiger partial charge < -0.3 is 20.4 Å². The van der Waals surface area contributed by atoms with Crippen LogP contribution in [0.5, 0.6) is 0 Å². The molecule has 2 N–H and O–H groups in total. The summed E-state index contributed by atoms with van der Waals surface area (Å²) in [4.78, 5) is 39.2. The van der Waals surface area contributed by atoms with E-state index in [1.54, 1.807) is 17.0 Å². The van der Waals surface area contributed by atoms with Crippen LogP contribution in [0.3, 0.4) is 0 Å². The molecule has 1 heterocycles. The minimum atomic E-state index is -0.445. The quantitative estimate of drug-likeness (QED) is 0.696. The van der Waals surface area contributed by atoms with E-state index in [0.29, 0.717) is 44.0 Å². The first-order valence-electron chi connectivity index (χ1n) is 10.2. The summed E-state index contributed by atoms with van der Waals surface area (Å²) in [5, 5.41) is 5.31. The third-order valence-corrected chi connectivity index (χ3v) is 5.30. The lowest BCUT2D eigenvalue weighted by Gasteiger charge is -2.36. The molecule has 3 amide bonds. The molecule has 0 aromatic heterocycles. The number of hydrogen-bond donors (Lipinski definition) is 2. The van der Waals surface area contributed by atoms with Crippen molar-refractivity contribution in [2.75, 3.05) is 37.6 Å². The molecule has 7 nitrogen and oxygen atoms in total. The highest BCUT2D eigenvalue weighted by Crippen LogP contribution is 2.22. The topological polar surface area (TPSA) is 81.8 Å². The lowest BCUT2D eigenvalue weighted by molar-refractivity contribution is -0.130. The van der Waals surface area contributed by atoms with Crippen molar-refractivity contribution in [3.05, 3.63) is 65.0 Å². The van der Waals surface area contributed by atoms with Crippen LogP contribution in [0.2, 0.25) is 0 Å². The molecule has 0 atom stereocenters. The Morgan fingerprint density at radius 3 is 2.26 bits per heavy atom. The van der Waals surface area contributed by atoms with Crippen molar-refractivity contribution in [3.63, 3.8) is 0 Å². The zero-order valence-corrected chi connectivity index (χ0v) is 17.8. The molecule has 31 heavy (non-hydrogen) atoms. The maximum absolute atomic E-state index is 14.3. The molecule has 0 saturated carbocycles. The van der Waals surface area contributed by atoms with Crippen molar-refractivity contribution < 1.29 is 18.8 Å². The summed E-state index contributed by atoms with van der Waals surface area (Å²) in [5.74, 6) is -0.812. The molecule has 2 aromatic rings. The first-order chi connectivity index (χ1) is 14.8. The maximum atomic E-state index is 14.3. The Bertz CT molecular complexity index is 954. The molecule has 0 unspecified atom stereocenters. The largest absolute Gasteiger partial charge is 0.366 e. The van der Waals surface area contributed by atoms with Crippen LogP contribution in [0.1, 0.15) is 28.4 Å². The number of aryl methyl sites for hydroxylation is 1. The van der Waals surface area contributed by atoms with E-state index in [4.69, 9.17) is 0 Å². The highest BCUT2D eigenvalue weighted by molar-refractivity contribution is 5.94. The van der Waals surface area contributed by atoms with Gasteiger partial charge in [-0.3, -0.25) is 9.59 Å². The molecule has 1 aliphatic rings. The van der Waals surface area contributed by atoms with Gasteiger partial charge in [0.05, 0.1) is 12.2 Å². The van der Waals surface area contributed by atoms with Gasteiger partial charge in [-0.2, -0.15) is 0 Å². The number of carbonyl (C=O) groups is 3. The lowest BCUT2D eigenvalue weighted by Crippen LogP contribution is -2.52. The van der Waals surface area contributed by atoms with Gasteiger partial charge in [-0.05, 0) is 37.6 Å². The number of piperazine rings is 1. The summed E-state index contributed by atoms with van der Waals surface area (Å²) >= 11 is 0. The minimum Gasteiger partial charge on any atom is -0.366 e. The van der Waals surface area contributed by atoms with Gasteiger partial charge in [0.25, 0.3) is 0 Å². The first-order valence-corrected chi connectivity index (χ1v) is 10.2. The second kappa shape index (κ2) is 10.1. The van der Waals surface area contributed by atoms with E-state index < -0.39 is 11.8 Å². The number of benzene rings is 2. The molecule has 0 radical (unpaired) electrons. The SMILES string of the molecule is CC(=O)c1ccc(N2CCN(C(=O)CNC(=O)NCc3ccc(C)cc3)CC2)c(F)c1. The van der Waals surface area contributed by atoms with Crippen molar-refractivity contribution in [3.8, 4) is 0 Å². The average molecular weight is 426 g/mol. The van der Waals surface area contributed by atoms with Crippen molar-refractivity contribution in [1.29, 1.82) is 0 Å². The number of Topliss-reactive ketones (excluding diaryl/α,β-unsaturated/α-hetero) is 1. The van der Waals surface area contributed by atoms with Gasteiger partial charge in [0.15, 0.2) is 5.78 Å². The van der Waals surface area contributed by atoms with Crippen LogP contribution in [-0.2, 0) is 11.3 Å². The van der Waals surface area contributed by atoms with Gasteiger partial charge in [-0.1, -0.05) is 29.8 Å². The molecule has 0 aliphatic carbocycles. The Kier molecular flexibility index (Phi) is 7.23. The number of halogens is 1. The van der Waals surface area contributed by atoms with Crippen LogP contribution in [-0.4, -0.2) is 55.3 Å². The summed E-state index contributed by atoms with van der Waals surface area (Å²) in [6, 6.07) is 11.9. The molecule has 8 heteroatoms. The number of carbonyl (C=O) groups excluding carboxylic acids is 3. The van der Waals surface area contributed by atoms with Crippen molar-refractivity contribution in [1.82, 2.24) is 15.5 Å². The highest BCUT2D eigenvalue weighted by atomic mass is 19.1. The maximum Gasteiger partial charge on any atom is 0.315 e. The van der Waals surface area contributed by atoms with Crippen molar-refractivity contribution in [2.24, 2.45) is 0 Å². The Labute approximate surface area is 181 Å². The first kappa shape index (κ1) is 22.3. The van der Waals surface area contributed by atoms with E-state index >= 15 is 0 Å². The van der Waals surface area contributed by atoms with E-state index in [-0.39, 0.29) is 18.2 Å². The van der Waals surface area contributed by atoms with Crippen LogP contribution in [0.25, 0.3) is 0 Å². The third-order valence-electron chi connectivity index (χ3n) is 5.30. The monoisotopic (exact) mass is 426 g/mol. The fraction of sp³-hybridized carbons (Fsp3) is 0.348.